The molecule has 16 heavy (non-hydrogen) atoms. The Labute approximate surface area is 95.2 Å². The van der Waals surface area contributed by atoms with Gasteiger partial charge in [0.05, 0.1) is 0 Å². The highest BCUT2D eigenvalue weighted by molar-refractivity contribution is 5.84. The predicted octanol–water partition coefficient (Wildman–Crippen LogP) is 1.03. The lowest BCUT2D eigenvalue weighted by atomic mass is 10.1. The van der Waals surface area contributed by atoms with Crippen molar-refractivity contribution in [3.05, 3.63) is 23.8 Å². The topological polar surface area (TPSA) is 72.3 Å². The highest BCUT2D eigenvalue weighted by Crippen LogP contribution is 2.28. The highest BCUT2D eigenvalue weighted by atomic mass is 16.1. The minimum Gasteiger partial charge on any atom is -0.398 e. The molecule has 1 amide bonds. The SMILES string of the molecule is Cc1ccc(N2CCCC2C(N)=O)cc1N. The van der Waals surface area contributed by atoms with Crippen LogP contribution in [0.1, 0.15) is 18.4 Å². The molecule has 4 nitrogen and oxygen atoms in total. The van der Waals surface area contributed by atoms with Crippen molar-refractivity contribution >= 4 is 17.3 Å². The number of aryl methyl sites for hydroxylation is 1. The van der Waals surface area contributed by atoms with Gasteiger partial charge in [0.1, 0.15) is 6.04 Å². The maximum Gasteiger partial charge on any atom is 0.240 e. The van der Waals surface area contributed by atoms with Crippen LogP contribution in [0.25, 0.3) is 0 Å². The number of anilines is 2. The first kappa shape index (κ1) is 10.8. The Bertz CT molecular complexity index is 417. The first-order valence-electron chi connectivity index (χ1n) is 5.51. The smallest absolute Gasteiger partial charge is 0.240 e. The lowest BCUT2D eigenvalue weighted by Crippen LogP contribution is -2.40. The van der Waals surface area contributed by atoms with Crippen LogP contribution in [0.15, 0.2) is 18.2 Å². The molecule has 1 aromatic carbocycles. The van der Waals surface area contributed by atoms with Crippen LogP contribution in [0.3, 0.4) is 0 Å². The van der Waals surface area contributed by atoms with Crippen LogP contribution in [-0.4, -0.2) is 18.5 Å². The largest absolute Gasteiger partial charge is 0.398 e. The number of nitrogens with two attached hydrogens (primary N) is 2. The summed E-state index contributed by atoms with van der Waals surface area (Å²) < 4.78 is 0. The molecule has 0 radical (unpaired) electrons. The molecular formula is C12H17N3O. The van der Waals surface area contributed by atoms with Gasteiger partial charge in [-0.05, 0) is 37.5 Å². The number of amides is 1. The van der Waals surface area contributed by atoms with E-state index in [1.54, 1.807) is 0 Å². The molecule has 1 atom stereocenters. The van der Waals surface area contributed by atoms with Gasteiger partial charge in [-0.2, -0.15) is 0 Å². The zero-order chi connectivity index (χ0) is 11.7. The Hall–Kier alpha value is -1.71. The van der Waals surface area contributed by atoms with E-state index in [9.17, 15) is 4.79 Å². The summed E-state index contributed by atoms with van der Waals surface area (Å²) in [6.45, 7) is 2.84. The summed E-state index contributed by atoms with van der Waals surface area (Å²) in [5.41, 5.74) is 14.1. The van der Waals surface area contributed by atoms with Gasteiger partial charge < -0.3 is 16.4 Å². The van der Waals surface area contributed by atoms with E-state index in [1.807, 2.05) is 30.0 Å². The lowest BCUT2D eigenvalue weighted by Gasteiger charge is -2.24. The van der Waals surface area contributed by atoms with Gasteiger partial charge >= 0.3 is 0 Å². The van der Waals surface area contributed by atoms with E-state index in [4.69, 9.17) is 11.5 Å². The van der Waals surface area contributed by atoms with Crippen LogP contribution >= 0.6 is 0 Å². The first-order valence-corrected chi connectivity index (χ1v) is 5.51. The fourth-order valence-electron chi connectivity index (χ4n) is 2.18. The summed E-state index contributed by atoms with van der Waals surface area (Å²) in [5.74, 6) is -0.253. The molecular weight excluding hydrogens is 202 g/mol. The molecule has 4 heteroatoms. The molecule has 0 saturated carbocycles. The molecule has 0 spiro atoms. The number of hydrogen-bond acceptors (Lipinski definition) is 3. The summed E-state index contributed by atoms with van der Waals surface area (Å²) in [5, 5.41) is 0. The first-order chi connectivity index (χ1) is 7.59. The van der Waals surface area contributed by atoms with E-state index < -0.39 is 0 Å². The van der Waals surface area contributed by atoms with Crippen molar-refractivity contribution in [3.8, 4) is 0 Å². The molecule has 4 N–H and O–H groups in total. The molecule has 1 aromatic rings. The van der Waals surface area contributed by atoms with Crippen LogP contribution < -0.4 is 16.4 Å². The number of nitrogens with zero attached hydrogens (tertiary/aromatic N) is 1. The number of nitrogen functional groups attached to an aromatic ring is 1. The van der Waals surface area contributed by atoms with Crippen molar-refractivity contribution < 1.29 is 4.79 Å². The fraction of sp³-hybridized carbons (Fsp3) is 0.417. The van der Waals surface area contributed by atoms with Crippen LogP contribution in [-0.2, 0) is 4.79 Å². The molecule has 1 aliphatic heterocycles. The summed E-state index contributed by atoms with van der Waals surface area (Å²) in [7, 11) is 0. The predicted molar refractivity (Wildman–Crippen MR) is 65.2 cm³/mol. The highest BCUT2D eigenvalue weighted by Gasteiger charge is 2.29. The summed E-state index contributed by atoms with van der Waals surface area (Å²) in [4.78, 5) is 13.3. The van der Waals surface area contributed by atoms with Crippen molar-refractivity contribution in [1.82, 2.24) is 0 Å². The third kappa shape index (κ3) is 1.83. The standard InChI is InChI=1S/C12H17N3O/c1-8-4-5-9(7-10(8)13)15-6-2-3-11(15)12(14)16/h4-5,7,11H,2-3,6,13H2,1H3,(H2,14,16). The van der Waals surface area contributed by atoms with Gasteiger partial charge in [-0.15, -0.1) is 0 Å². The number of hydrogen-bond donors (Lipinski definition) is 2. The Morgan fingerprint density at radius 3 is 2.88 bits per heavy atom. The molecule has 0 bridgehead atoms. The third-order valence-electron chi connectivity index (χ3n) is 3.18. The number of rotatable bonds is 2. The van der Waals surface area contributed by atoms with Crippen molar-refractivity contribution in [2.24, 2.45) is 5.73 Å². The average Bonchev–Trinajstić information content (AvgIpc) is 2.71. The minimum atomic E-state index is -0.253. The number of carbonyl (C=O) groups excluding carboxylic acids is 1. The Morgan fingerprint density at radius 1 is 1.50 bits per heavy atom. The van der Waals surface area contributed by atoms with Crippen molar-refractivity contribution in [3.63, 3.8) is 0 Å². The second-order valence-electron chi connectivity index (χ2n) is 4.29. The molecule has 0 aromatic heterocycles. The van der Waals surface area contributed by atoms with E-state index in [-0.39, 0.29) is 11.9 Å². The van der Waals surface area contributed by atoms with Crippen LogP contribution in [0, 0.1) is 6.92 Å². The maximum atomic E-state index is 11.3. The van der Waals surface area contributed by atoms with Crippen molar-refractivity contribution in [1.29, 1.82) is 0 Å². The normalized spacial score (nSPS) is 20.1. The van der Waals surface area contributed by atoms with Gasteiger partial charge in [0.25, 0.3) is 0 Å². The molecule has 2 rings (SSSR count). The van der Waals surface area contributed by atoms with Crippen molar-refractivity contribution in [2.45, 2.75) is 25.8 Å². The summed E-state index contributed by atoms with van der Waals surface area (Å²) in [6, 6.07) is 5.70. The Morgan fingerprint density at radius 2 is 2.25 bits per heavy atom. The fourth-order valence-corrected chi connectivity index (χ4v) is 2.18. The Balaban J connectivity index is 2.29. The molecule has 1 aliphatic rings. The molecule has 1 unspecified atom stereocenters. The third-order valence-corrected chi connectivity index (χ3v) is 3.18. The monoisotopic (exact) mass is 219 g/mol. The van der Waals surface area contributed by atoms with Crippen LogP contribution in [0.5, 0.6) is 0 Å². The molecule has 86 valence electrons. The Kier molecular flexibility index (Phi) is 2.73. The van der Waals surface area contributed by atoms with E-state index in [0.29, 0.717) is 0 Å². The van der Waals surface area contributed by atoms with Gasteiger partial charge in [0.2, 0.25) is 5.91 Å². The molecule has 1 saturated heterocycles. The lowest BCUT2D eigenvalue weighted by molar-refractivity contribution is -0.119. The van der Waals surface area contributed by atoms with E-state index in [0.717, 1.165) is 36.3 Å². The zero-order valence-corrected chi connectivity index (χ0v) is 9.44. The number of carbonyl (C=O) groups is 1. The zero-order valence-electron chi connectivity index (χ0n) is 9.44. The van der Waals surface area contributed by atoms with Gasteiger partial charge in [-0.1, -0.05) is 6.07 Å². The minimum absolute atomic E-state index is 0.179. The van der Waals surface area contributed by atoms with E-state index in [1.165, 1.54) is 0 Å². The van der Waals surface area contributed by atoms with Gasteiger partial charge in [0.15, 0.2) is 0 Å². The quantitative estimate of drug-likeness (QED) is 0.730. The van der Waals surface area contributed by atoms with Gasteiger partial charge in [-0.3, -0.25) is 4.79 Å². The van der Waals surface area contributed by atoms with E-state index in [2.05, 4.69) is 0 Å². The van der Waals surface area contributed by atoms with Crippen LogP contribution in [0.2, 0.25) is 0 Å². The number of benzene rings is 1. The van der Waals surface area contributed by atoms with E-state index >= 15 is 0 Å². The van der Waals surface area contributed by atoms with Crippen molar-refractivity contribution in [2.75, 3.05) is 17.2 Å². The average molecular weight is 219 g/mol. The summed E-state index contributed by atoms with van der Waals surface area (Å²) in [6.07, 6.45) is 1.84. The second kappa shape index (κ2) is 4.04. The molecule has 1 fully saturated rings. The van der Waals surface area contributed by atoms with Crippen LogP contribution in [0.4, 0.5) is 11.4 Å². The maximum absolute atomic E-state index is 11.3. The molecule has 1 heterocycles. The van der Waals surface area contributed by atoms with Gasteiger partial charge in [0, 0.05) is 17.9 Å². The summed E-state index contributed by atoms with van der Waals surface area (Å²) >= 11 is 0. The second-order valence-corrected chi connectivity index (χ2v) is 4.29. The number of primary amides is 1. The molecule has 0 aliphatic carbocycles. The van der Waals surface area contributed by atoms with Gasteiger partial charge in [-0.25, -0.2) is 0 Å².